The van der Waals surface area contributed by atoms with E-state index in [4.69, 9.17) is 5.73 Å². The van der Waals surface area contributed by atoms with Gasteiger partial charge in [0.1, 0.15) is 5.75 Å². The van der Waals surface area contributed by atoms with Crippen LogP contribution < -0.4 is 15.2 Å². The minimum atomic E-state index is -4.67. The quantitative estimate of drug-likeness (QED) is 0.653. The highest BCUT2D eigenvalue weighted by molar-refractivity contribution is 8.00. The predicted octanol–water partition coefficient (Wildman–Crippen LogP) is 4.29. The number of rotatable bonds is 4. The molecule has 0 spiro atoms. The van der Waals surface area contributed by atoms with Crippen LogP contribution in [-0.2, 0) is 0 Å². The van der Waals surface area contributed by atoms with Crippen LogP contribution in [0.25, 0.3) is 0 Å². The second kappa shape index (κ2) is 5.96. The maximum atomic E-state index is 12.0. The summed E-state index contributed by atoms with van der Waals surface area (Å²) in [5, 5.41) is 0. The molecular formula is C13H11F3N2OS. The summed E-state index contributed by atoms with van der Waals surface area (Å²) in [6.07, 6.45) is -4.67. The van der Waals surface area contributed by atoms with Gasteiger partial charge in [0, 0.05) is 16.3 Å². The summed E-state index contributed by atoms with van der Waals surface area (Å²) in [5.74, 6) is -0.241. The van der Waals surface area contributed by atoms with Gasteiger partial charge in [-0.1, -0.05) is 0 Å². The van der Waals surface area contributed by atoms with Gasteiger partial charge in [0.05, 0.1) is 0 Å². The molecule has 0 heterocycles. The highest BCUT2D eigenvalue weighted by Gasteiger charge is 2.30. The maximum absolute atomic E-state index is 12.0. The van der Waals surface area contributed by atoms with Crippen molar-refractivity contribution < 1.29 is 17.9 Å². The van der Waals surface area contributed by atoms with Crippen molar-refractivity contribution in [3.05, 3.63) is 48.5 Å². The molecule has 106 valence electrons. The van der Waals surface area contributed by atoms with E-state index in [2.05, 4.69) is 9.46 Å². The van der Waals surface area contributed by atoms with E-state index in [9.17, 15) is 13.2 Å². The third-order valence-corrected chi connectivity index (χ3v) is 3.10. The zero-order valence-electron chi connectivity index (χ0n) is 10.1. The molecule has 3 N–H and O–H groups in total. The van der Waals surface area contributed by atoms with Crippen molar-refractivity contribution in [1.82, 2.24) is 0 Å². The van der Waals surface area contributed by atoms with Gasteiger partial charge in [-0.2, -0.15) is 0 Å². The summed E-state index contributed by atoms with van der Waals surface area (Å²) < 4.78 is 42.8. The molecule has 20 heavy (non-hydrogen) atoms. The Morgan fingerprint density at radius 2 is 1.55 bits per heavy atom. The van der Waals surface area contributed by atoms with E-state index >= 15 is 0 Å². The fraction of sp³-hybridized carbons (Fsp3) is 0.0769. The smallest absolute Gasteiger partial charge is 0.406 e. The summed E-state index contributed by atoms with van der Waals surface area (Å²) in [4.78, 5) is 0.761. The van der Waals surface area contributed by atoms with Crippen LogP contribution in [0.4, 0.5) is 24.5 Å². The van der Waals surface area contributed by atoms with Crippen LogP contribution in [0.1, 0.15) is 0 Å². The lowest BCUT2D eigenvalue weighted by atomic mass is 10.3. The van der Waals surface area contributed by atoms with Crippen molar-refractivity contribution in [2.45, 2.75) is 11.3 Å². The molecule has 0 bridgehead atoms. The van der Waals surface area contributed by atoms with Gasteiger partial charge >= 0.3 is 6.36 Å². The summed E-state index contributed by atoms with van der Waals surface area (Å²) >= 11 is 1.28. The van der Waals surface area contributed by atoms with Gasteiger partial charge in [-0.3, -0.25) is 0 Å². The number of nitrogen functional groups attached to an aromatic ring is 1. The van der Waals surface area contributed by atoms with E-state index in [1.807, 2.05) is 12.1 Å². The highest BCUT2D eigenvalue weighted by Crippen LogP contribution is 2.26. The first-order valence-electron chi connectivity index (χ1n) is 5.56. The maximum Gasteiger partial charge on any atom is 0.573 e. The molecule has 7 heteroatoms. The topological polar surface area (TPSA) is 47.3 Å². The minimum absolute atomic E-state index is 0.241. The number of benzene rings is 2. The number of nitrogens with two attached hydrogens (primary N) is 1. The van der Waals surface area contributed by atoms with E-state index < -0.39 is 6.36 Å². The fourth-order valence-corrected chi connectivity index (χ4v) is 2.02. The Morgan fingerprint density at radius 3 is 2.10 bits per heavy atom. The molecule has 0 radical (unpaired) electrons. The lowest BCUT2D eigenvalue weighted by Crippen LogP contribution is -2.16. The molecule has 0 unspecified atom stereocenters. The molecule has 0 aromatic heterocycles. The Labute approximate surface area is 118 Å². The molecule has 0 fully saturated rings. The van der Waals surface area contributed by atoms with Crippen LogP contribution in [0, 0.1) is 0 Å². The first-order chi connectivity index (χ1) is 9.42. The molecule has 0 saturated heterocycles. The third kappa shape index (κ3) is 4.58. The van der Waals surface area contributed by atoms with E-state index in [0.717, 1.165) is 10.6 Å². The third-order valence-electron chi connectivity index (χ3n) is 2.25. The number of nitrogens with one attached hydrogen (secondary N) is 1. The van der Waals surface area contributed by atoms with E-state index in [-0.39, 0.29) is 5.75 Å². The standard InChI is InChI=1S/C13H11F3N2OS/c14-13(15,16)19-11-5-7-12(8-6-11)20-18-10-3-1-9(17)2-4-10/h1-8,18H,17H2. The molecular weight excluding hydrogens is 289 g/mol. The van der Waals surface area contributed by atoms with Crippen molar-refractivity contribution in [1.29, 1.82) is 0 Å². The molecule has 3 nitrogen and oxygen atoms in total. The summed E-state index contributed by atoms with van der Waals surface area (Å²) in [6.45, 7) is 0. The van der Waals surface area contributed by atoms with Crippen molar-refractivity contribution in [3.63, 3.8) is 0 Å². The lowest BCUT2D eigenvalue weighted by Gasteiger charge is -2.09. The zero-order chi connectivity index (χ0) is 14.6. The van der Waals surface area contributed by atoms with Crippen LogP contribution in [0.5, 0.6) is 5.75 Å². The Balaban J connectivity index is 1.92. The first-order valence-corrected chi connectivity index (χ1v) is 6.38. The predicted molar refractivity (Wildman–Crippen MR) is 73.5 cm³/mol. The minimum Gasteiger partial charge on any atom is -0.406 e. The summed E-state index contributed by atoms with van der Waals surface area (Å²) in [6, 6.07) is 12.7. The Bertz CT molecular complexity index is 555. The van der Waals surface area contributed by atoms with Gasteiger partial charge in [0.25, 0.3) is 0 Å². The zero-order valence-corrected chi connectivity index (χ0v) is 11.0. The van der Waals surface area contributed by atoms with Crippen LogP contribution >= 0.6 is 11.9 Å². The molecule has 0 atom stereocenters. The number of ether oxygens (including phenoxy) is 1. The average molecular weight is 300 g/mol. The lowest BCUT2D eigenvalue weighted by molar-refractivity contribution is -0.274. The van der Waals surface area contributed by atoms with E-state index in [0.29, 0.717) is 5.69 Å². The second-order valence-corrected chi connectivity index (χ2v) is 4.72. The molecule has 2 aromatic rings. The van der Waals surface area contributed by atoms with Gasteiger partial charge in [-0.25, -0.2) is 0 Å². The molecule has 0 aliphatic heterocycles. The number of halogens is 3. The average Bonchev–Trinajstić information content (AvgIpc) is 2.38. The van der Waals surface area contributed by atoms with Gasteiger partial charge in [0.15, 0.2) is 0 Å². The van der Waals surface area contributed by atoms with E-state index in [1.54, 1.807) is 12.1 Å². The van der Waals surface area contributed by atoms with Gasteiger partial charge in [-0.15, -0.1) is 13.2 Å². The van der Waals surface area contributed by atoms with Gasteiger partial charge in [-0.05, 0) is 60.5 Å². The highest BCUT2D eigenvalue weighted by atomic mass is 32.2. The Morgan fingerprint density at radius 1 is 0.950 bits per heavy atom. The molecule has 2 rings (SSSR count). The van der Waals surface area contributed by atoms with Crippen molar-refractivity contribution in [2.24, 2.45) is 0 Å². The van der Waals surface area contributed by atoms with Gasteiger partial charge in [0.2, 0.25) is 0 Å². The van der Waals surface area contributed by atoms with Crippen LogP contribution in [-0.4, -0.2) is 6.36 Å². The number of anilines is 2. The molecule has 0 saturated carbocycles. The van der Waals surface area contributed by atoms with Crippen molar-refractivity contribution in [2.75, 3.05) is 10.5 Å². The van der Waals surface area contributed by atoms with Crippen LogP contribution in [0.3, 0.4) is 0 Å². The first kappa shape index (κ1) is 14.4. The SMILES string of the molecule is Nc1ccc(NSc2ccc(OC(F)(F)F)cc2)cc1. The largest absolute Gasteiger partial charge is 0.573 e. The van der Waals surface area contributed by atoms with Gasteiger partial charge < -0.3 is 15.2 Å². The van der Waals surface area contributed by atoms with Crippen LogP contribution in [0.15, 0.2) is 53.4 Å². The normalized spacial score (nSPS) is 11.2. The Hall–Kier alpha value is -2.02. The molecule has 0 aliphatic carbocycles. The summed E-state index contributed by atoms with van der Waals surface area (Å²) in [7, 11) is 0. The number of hydrogen-bond donors (Lipinski definition) is 2. The molecule has 0 aliphatic rings. The number of hydrogen-bond acceptors (Lipinski definition) is 4. The Kier molecular flexibility index (Phi) is 4.29. The monoisotopic (exact) mass is 300 g/mol. The van der Waals surface area contributed by atoms with Crippen molar-refractivity contribution >= 4 is 23.3 Å². The fourth-order valence-electron chi connectivity index (χ4n) is 1.38. The van der Waals surface area contributed by atoms with E-state index in [1.165, 1.54) is 36.2 Å². The molecule has 0 amide bonds. The number of alkyl halides is 3. The van der Waals surface area contributed by atoms with Crippen LogP contribution in [0.2, 0.25) is 0 Å². The summed E-state index contributed by atoms with van der Waals surface area (Å²) in [5.41, 5.74) is 7.07. The second-order valence-electron chi connectivity index (χ2n) is 3.85. The van der Waals surface area contributed by atoms with Crippen molar-refractivity contribution in [3.8, 4) is 5.75 Å². The molecule has 2 aromatic carbocycles.